The number of benzene rings is 1. The molecule has 0 radical (unpaired) electrons. The van der Waals surface area contributed by atoms with Crippen LogP contribution in [-0.2, 0) is 9.53 Å². The van der Waals surface area contributed by atoms with Crippen molar-refractivity contribution in [3.8, 4) is 0 Å². The topological polar surface area (TPSA) is 46.5 Å². The fraction of sp³-hybridized carbons (Fsp3) is 0.500. The lowest BCUT2D eigenvalue weighted by atomic mass is 9.96. The number of rotatable bonds is 4. The van der Waals surface area contributed by atoms with E-state index in [2.05, 4.69) is 0 Å². The highest BCUT2D eigenvalue weighted by Crippen LogP contribution is 2.36. The fourth-order valence-corrected chi connectivity index (χ4v) is 3.77. The van der Waals surface area contributed by atoms with Gasteiger partial charge in [0, 0.05) is 10.8 Å². The van der Waals surface area contributed by atoms with E-state index in [0.29, 0.717) is 16.5 Å². The van der Waals surface area contributed by atoms with Gasteiger partial charge in [0.15, 0.2) is 6.10 Å². The van der Waals surface area contributed by atoms with Gasteiger partial charge in [-0.3, -0.25) is 0 Å². The summed E-state index contributed by atoms with van der Waals surface area (Å²) in [5.74, 6) is 2.09. The number of halogens is 1. The van der Waals surface area contributed by atoms with Crippen molar-refractivity contribution in [3.63, 3.8) is 0 Å². The molecule has 19 heavy (non-hydrogen) atoms. The van der Waals surface area contributed by atoms with Gasteiger partial charge in [-0.1, -0.05) is 23.7 Å². The number of ether oxygens (including phenoxy) is 1. The molecule has 1 N–H and O–H groups in total. The second-order valence-corrected chi connectivity index (χ2v) is 6.05. The van der Waals surface area contributed by atoms with Crippen LogP contribution < -0.4 is 0 Å². The molecule has 0 aromatic heterocycles. The summed E-state index contributed by atoms with van der Waals surface area (Å²) in [7, 11) is 0. The van der Waals surface area contributed by atoms with Crippen molar-refractivity contribution in [2.75, 3.05) is 18.1 Å². The third kappa shape index (κ3) is 3.44. The van der Waals surface area contributed by atoms with Crippen LogP contribution in [0.3, 0.4) is 0 Å². The quantitative estimate of drug-likeness (QED) is 0.868. The Labute approximate surface area is 122 Å². The lowest BCUT2D eigenvalue weighted by Crippen LogP contribution is -2.15. The Bertz CT molecular complexity index is 458. The first kappa shape index (κ1) is 14.7. The van der Waals surface area contributed by atoms with E-state index in [-0.39, 0.29) is 6.61 Å². The molecule has 1 aliphatic heterocycles. The monoisotopic (exact) mass is 300 g/mol. The van der Waals surface area contributed by atoms with Crippen molar-refractivity contribution in [1.82, 2.24) is 0 Å². The fourth-order valence-electron chi connectivity index (χ4n) is 2.18. The number of hydrogen-bond acceptors (Lipinski definition) is 4. The number of carbonyl (C=O) groups excluding carboxylic acids is 1. The van der Waals surface area contributed by atoms with Gasteiger partial charge in [-0.05, 0) is 42.2 Å². The van der Waals surface area contributed by atoms with Crippen LogP contribution in [0, 0.1) is 0 Å². The van der Waals surface area contributed by atoms with Gasteiger partial charge in [-0.25, -0.2) is 4.79 Å². The molecule has 2 unspecified atom stereocenters. The van der Waals surface area contributed by atoms with E-state index >= 15 is 0 Å². The first-order chi connectivity index (χ1) is 9.13. The number of carbonyl (C=O) groups is 1. The molecule has 0 amide bonds. The minimum Gasteiger partial charge on any atom is -0.464 e. The molecule has 1 heterocycles. The van der Waals surface area contributed by atoms with E-state index in [1.807, 2.05) is 17.8 Å². The molecule has 1 aromatic rings. The summed E-state index contributed by atoms with van der Waals surface area (Å²) in [4.78, 5) is 11.5. The lowest BCUT2D eigenvalue weighted by Gasteiger charge is -2.14. The zero-order valence-electron chi connectivity index (χ0n) is 10.8. The maximum Gasteiger partial charge on any atom is 0.339 e. The average molecular weight is 301 g/mol. The molecule has 1 aliphatic rings. The summed E-state index contributed by atoms with van der Waals surface area (Å²) in [6.45, 7) is 1.96. The SMILES string of the molecule is CCOC(=O)C(O)c1ccc(C2CCSC2)c(Cl)c1. The van der Waals surface area contributed by atoms with Gasteiger partial charge in [-0.2, -0.15) is 11.8 Å². The van der Waals surface area contributed by atoms with Gasteiger partial charge >= 0.3 is 5.97 Å². The Morgan fingerprint density at radius 3 is 3.00 bits per heavy atom. The number of thioether (sulfide) groups is 1. The normalized spacial score (nSPS) is 20.3. The van der Waals surface area contributed by atoms with Crippen LogP contribution in [-0.4, -0.2) is 29.2 Å². The van der Waals surface area contributed by atoms with Crippen LogP contribution in [0.5, 0.6) is 0 Å². The summed E-state index contributed by atoms with van der Waals surface area (Å²) in [6.07, 6.45) is -0.131. The van der Waals surface area contributed by atoms with Crippen LogP contribution >= 0.6 is 23.4 Å². The van der Waals surface area contributed by atoms with Gasteiger partial charge in [0.2, 0.25) is 0 Å². The van der Waals surface area contributed by atoms with Crippen molar-refractivity contribution in [1.29, 1.82) is 0 Å². The van der Waals surface area contributed by atoms with Crippen LogP contribution in [0.15, 0.2) is 18.2 Å². The number of hydrogen-bond donors (Lipinski definition) is 1. The van der Waals surface area contributed by atoms with E-state index in [1.165, 1.54) is 0 Å². The minimum atomic E-state index is -1.26. The summed E-state index contributed by atoms with van der Waals surface area (Å²) in [6, 6.07) is 5.34. The van der Waals surface area contributed by atoms with Crippen LogP contribution in [0.4, 0.5) is 0 Å². The minimum absolute atomic E-state index is 0.251. The average Bonchev–Trinajstić information content (AvgIpc) is 2.91. The molecule has 3 nitrogen and oxygen atoms in total. The summed E-state index contributed by atoms with van der Waals surface area (Å²) >= 11 is 8.19. The van der Waals surface area contributed by atoms with E-state index < -0.39 is 12.1 Å². The van der Waals surface area contributed by atoms with Crippen molar-refractivity contribution in [3.05, 3.63) is 34.3 Å². The third-order valence-electron chi connectivity index (χ3n) is 3.22. The number of esters is 1. The molecule has 0 aliphatic carbocycles. The third-order valence-corrected chi connectivity index (χ3v) is 4.71. The van der Waals surface area contributed by atoms with E-state index in [4.69, 9.17) is 16.3 Å². The van der Waals surface area contributed by atoms with Gasteiger partial charge in [0.1, 0.15) is 0 Å². The summed E-state index contributed by atoms with van der Waals surface area (Å²) in [5, 5.41) is 10.5. The molecular formula is C14H17ClO3S. The van der Waals surface area contributed by atoms with Crippen LogP contribution in [0.25, 0.3) is 0 Å². The van der Waals surface area contributed by atoms with Crippen molar-refractivity contribution in [2.45, 2.75) is 25.4 Å². The number of aliphatic hydroxyl groups excluding tert-OH is 1. The Morgan fingerprint density at radius 1 is 1.63 bits per heavy atom. The largest absolute Gasteiger partial charge is 0.464 e. The highest BCUT2D eigenvalue weighted by Gasteiger charge is 2.23. The molecule has 2 atom stereocenters. The van der Waals surface area contributed by atoms with E-state index in [1.54, 1.807) is 19.1 Å². The molecule has 1 fully saturated rings. The summed E-state index contributed by atoms with van der Waals surface area (Å²) in [5.41, 5.74) is 1.59. The van der Waals surface area contributed by atoms with Crippen molar-refractivity contribution < 1.29 is 14.6 Å². The maximum atomic E-state index is 11.5. The Balaban J connectivity index is 2.16. The van der Waals surface area contributed by atoms with E-state index in [0.717, 1.165) is 23.5 Å². The maximum absolute atomic E-state index is 11.5. The Morgan fingerprint density at radius 2 is 2.42 bits per heavy atom. The predicted molar refractivity (Wildman–Crippen MR) is 77.7 cm³/mol. The zero-order chi connectivity index (χ0) is 13.8. The second kappa shape index (κ2) is 6.64. The standard InChI is InChI=1S/C14H17ClO3S/c1-2-18-14(17)13(16)9-3-4-11(12(15)7-9)10-5-6-19-8-10/h3-4,7,10,13,16H,2,5-6,8H2,1H3. The molecule has 2 rings (SSSR count). The Kier molecular flexibility index (Phi) is 5.13. The van der Waals surface area contributed by atoms with Gasteiger partial charge in [0.25, 0.3) is 0 Å². The molecular weight excluding hydrogens is 284 g/mol. The molecule has 104 valence electrons. The van der Waals surface area contributed by atoms with Crippen molar-refractivity contribution >= 4 is 29.3 Å². The second-order valence-electron chi connectivity index (χ2n) is 4.50. The highest BCUT2D eigenvalue weighted by molar-refractivity contribution is 7.99. The first-order valence-electron chi connectivity index (χ1n) is 6.35. The van der Waals surface area contributed by atoms with Crippen LogP contribution in [0.1, 0.15) is 36.5 Å². The van der Waals surface area contributed by atoms with Gasteiger partial charge < -0.3 is 9.84 Å². The zero-order valence-corrected chi connectivity index (χ0v) is 12.3. The van der Waals surface area contributed by atoms with Gasteiger partial charge in [-0.15, -0.1) is 0 Å². The molecule has 0 saturated carbocycles. The first-order valence-corrected chi connectivity index (χ1v) is 7.88. The Hall–Kier alpha value is -0.710. The van der Waals surface area contributed by atoms with E-state index in [9.17, 15) is 9.90 Å². The highest BCUT2D eigenvalue weighted by atomic mass is 35.5. The van der Waals surface area contributed by atoms with Gasteiger partial charge in [0.05, 0.1) is 6.61 Å². The van der Waals surface area contributed by atoms with Crippen LogP contribution in [0.2, 0.25) is 5.02 Å². The predicted octanol–water partition coefficient (Wildman–Crippen LogP) is 3.16. The molecule has 5 heteroatoms. The van der Waals surface area contributed by atoms with Crippen molar-refractivity contribution in [2.24, 2.45) is 0 Å². The number of aliphatic hydroxyl groups is 1. The molecule has 0 spiro atoms. The summed E-state index contributed by atoms with van der Waals surface area (Å²) < 4.78 is 4.79. The lowest BCUT2D eigenvalue weighted by molar-refractivity contribution is -0.153. The smallest absolute Gasteiger partial charge is 0.339 e. The molecule has 1 aromatic carbocycles. The molecule has 0 bridgehead atoms. The molecule has 1 saturated heterocycles.